The van der Waals surface area contributed by atoms with Gasteiger partial charge in [-0.2, -0.15) is 0 Å². The van der Waals surface area contributed by atoms with E-state index < -0.39 is 5.82 Å². The van der Waals surface area contributed by atoms with Crippen molar-refractivity contribution in [2.24, 2.45) is 11.1 Å². The number of halogens is 2. The molecule has 0 saturated carbocycles. The van der Waals surface area contributed by atoms with Crippen molar-refractivity contribution in [1.82, 2.24) is 14.5 Å². The second-order valence-corrected chi connectivity index (χ2v) is 9.65. The SMILES string of the molecule is Cc1nnsc1C(=O)Nc1ccc(Cl)c(CN(CC(C)(C)CN)C(=O)c2cccc(F)c2)c1. The summed E-state index contributed by atoms with van der Waals surface area (Å²) >= 11 is 7.44. The predicted octanol–water partition coefficient (Wildman–Crippen LogP) is 4.52. The monoisotopic (exact) mass is 489 g/mol. The molecule has 1 aromatic heterocycles. The summed E-state index contributed by atoms with van der Waals surface area (Å²) in [4.78, 5) is 27.8. The summed E-state index contributed by atoms with van der Waals surface area (Å²) in [6.45, 7) is 6.44. The molecule has 2 aromatic carbocycles. The lowest BCUT2D eigenvalue weighted by atomic mass is 9.92. The number of anilines is 1. The molecule has 1 heterocycles. The van der Waals surface area contributed by atoms with Crippen molar-refractivity contribution in [1.29, 1.82) is 0 Å². The largest absolute Gasteiger partial charge is 0.334 e. The normalized spacial score (nSPS) is 11.3. The zero-order valence-corrected chi connectivity index (χ0v) is 20.1. The molecule has 0 fully saturated rings. The standard InChI is InChI=1S/C23H25ClFN5O2S/c1-14-20(33-29-28-14)21(31)27-18-7-8-19(24)16(10-18)11-30(13-23(2,3)12-26)22(32)15-5-4-6-17(25)9-15/h4-10H,11-13,26H2,1-3H3,(H,27,31). The molecule has 0 aliphatic carbocycles. The number of benzene rings is 2. The Morgan fingerprint density at radius 3 is 2.64 bits per heavy atom. The first-order chi connectivity index (χ1) is 15.6. The number of nitrogens with two attached hydrogens (primary N) is 1. The number of carbonyl (C=O) groups is 2. The Hall–Kier alpha value is -2.88. The third-order valence-electron chi connectivity index (χ3n) is 5.05. The van der Waals surface area contributed by atoms with E-state index in [9.17, 15) is 14.0 Å². The van der Waals surface area contributed by atoms with E-state index in [1.807, 2.05) is 13.8 Å². The Bertz CT molecular complexity index is 1170. The molecule has 0 saturated heterocycles. The van der Waals surface area contributed by atoms with Gasteiger partial charge in [-0.15, -0.1) is 5.10 Å². The molecule has 33 heavy (non-hydrogen) atoms. The molecule has 0 aliphatic heterocycles. The third kappa shape index (κ3) is 6.34. The van der Waals surface area contributed by atoms with Crippen molar-refractivity contribution < 1.29 is 14.0 Å². The van der Waals surface area contributed by atoms with Crippen LogP contribution in [0.4, 0.5) is 10.1 Å². The molecule has 7 nitrogen and oxygen atoms in total. The molecule has 2 amide bonds. The van der Waals surface area contributed by atoms with E-state index in [1.165, 1.54) is 18.2 Å². The number of rotatable bonds is 8. The molecule has 0 spiro atoms. The van der Waals surface area contributed by atoms with Gasteiger partial charge in [-0.05, 0) is 72.4 Å². The molecule has 174 valence electrons. The summed E-state index contributed by atoms with van der Waals surface area (Å²) < 4.78 is 17.5. The topological polar surface area (TPSA) is 101 Å². The van der Waals surface area contributed by atoms with Crippen LogP contribution in [0.15, 0.2) is 42.5 Å². The van der Waals surface area contributed by atoms with Crippen molar-refractivity contribution in [3.05, 3.63) is 75.0 Å². The van der Waals surface area contributed by atoms with E-state index in [2.05, 4.69) is 14.9 Å². The van der Waals surface area contributed by atoms with Gasteiger partial charge in [-0.1, -0.05) is 36.0 Å². The van der Waals surface area contributed by atoms with Crippen LogP contribution in [-0.2, 0) is 6.54 Å². The van der Waals surface area contributed by atoms with Gasteiger partial charge in [-0.25, -0.2) is 4.39 Å². The molecule has 10 heteroatoms. The Balaban J connectivity index is 1.88. The Morgan fingerprint density at radius 2 is 2.00 bits per heavy atom. The van der Waals surface area contributed by atoms with Crippen LogP contribution in [0, 0.1) is 18.2 Å². The molecule has 3 rings (SSSR count). The summed E-state index contributed by atoms with van der Waals surface area (Å²) in [6, 6.07) is 10.6. The number of hydrogen-bond donors (Lipinski definition) is 2. The fourth-order valence-electron chi connectivity index (χ4n) is 3.19. The highest BCUT2D eigenvalue weighted by Gasteiger charge is 2.26. The second kappa shape index (κ2) is 10.4. The number of carbonyl (C=O) groups excluding carboxylic acids is 2. The Labute approximate surface area is 200 Å². The molecular weight excluding hydrogens is 465 g/mol. The average Bonchev–Trinajstić information content (AvgIpc) is 3.21. The van der Waals surface area contributed by atoms with Crippen LogP contribution >= 0.6 is 23.1 Å². The van der Waals surface area contributed by atoms with E-state index in [4.69, 9.17) is 17.3 Å². The van der Waals surface area contributed by atoms with Crippen LogP contribution in [0.2, 0.25) is 5.02 Å². The van der Waals surface area contributed by atoms with Crippen molar-refractivity contribution in [3.8, 4) is 0 Å². The van der Waals surface area contributed by atoms with Crippen molar-refractivity contribution in [3.63, 3.8) is 0 Å². The quantitative estimate of drug-likeness (QED) is 0.484. The summed E-state index contributed by atoms with van der Waals surface area (Å²) in [5.74, 6) is -1.16. The number of nitrogens with one attached hydrogen (secondary N) is 1. The van der Waals surface area contributed by atoms with E-state index in [1.54, 1.807) is 36.1 Å². The fourth-order valence-corrected chi connectivity index (χ4v) is 3.92. The number of aromatic nitrogens is 2. The number of hydrogen-bond acceptors (Lipinski definition) is 6. The molecule has 0 unspecified atom stereocenters. The number of amides is 2. The lowest BCUT2D eigenvalue weighted by Gasteiger charge is -2.32. The van der Waals surface area contributed by atoms with Gasteiger partial charge < -0.3 is 16.0 Å². The summed E-state index contributed by atoms with van der Waals surface area (Å²) in [7, 11) is 0. The first-order valence-corrected chi connectivity index (χ1v) is 11.4. The minimum atomic E-state index is -0.491. The van der Waals surface area contributed by atoms with Gasteiger partial charge >= 0.3 is 0 Å². The maximum atomic E-state index is 13.7. The van der Waals surface area contributed by atoms with Crippen molar-refractivity contribution >= 4 is 40.6 Å². The summed E-state index contributed by atoms with van der Waals surface area (Å²) in [5.41, 5.74) is 7.45. The molecule has 3 aromatic rings. The van der Waals surface area contributed by atoms with Crippen LogP contribution in [0.3, 0.4) is 0 Å². The van der Waals surface area contributed by atoms with Crippen LogP contribution in [0.1, 0.15) is 45.1 Å². The zero-order valence-electron chi connectivity index (χ0n) is 18.6. The number of nitrogens with zero attached hydrogens (tertiary/aromatic N) is 3. The summed E-state index contributed by atoms with van der Waals surface area (Å²) in [5, 5.41) is 7.10. The van der Waals surface area contributed by atoms with Gasteiger partial charge in [0.25, 0.3) is 11.8 Å². The minimum Gasteiger partial charge on any atom is -0.334 e. The lowest BCUT2D eigenvalue weighted by Crippen LogP contribution is -2.41. The highest BCUT2D eigenvalue weighted by atomic mass is 35.5. The first-order valence-electron chi connectivity index (χ1n) is 10.2. The first kappa shape index (κ1) is 24.8. The number of aryl methyl sites for hydroxylation is 1. The molecule has 0 radical (unpaired) electrons. The van der Waals surface area contributed by atoms with Crippen molar-refractivity contribution in [2.45, 2.75) is 27.3 Å². The van der Waals surface area contributed by atoms with Crippen molar-refractivity contribution in [2.75, 3.05) is 18.4 Å². The van der Waals surface area contributed by atoms with Crippen LogP contribution in [-0.4, -0.2) is 39.4 Å². The van der Waals surface area contributed by atoms with E-state index in [0.717, 1.165) is 11.5 Å². The maximum Gasteiger partial charge on any atom is 0.269 e. The van der Waals surface area contributed by atoms with Gasteiger partial charge in [-0.3, -0.25) is 9.59 Å². The summed E-state index contributed by atoms with van der Waals surface area (Å²) in [6.07, 6.45) is 0. The third-order valence-corrected chi connectivity index (χ3v) is 6.25. The Morgan fingerprint density at radius 1 is 1.24 bits per heavy atom. The zero-order chi connectivity index (χ0) is 24.2. The second-order valence-electron chi connectivity index (χ2n) is 8.49. The molecule has 0 aliphatic rings. The van der Waals surface area contributed by atoms with Crippen LogP contribution < -0.4 is 11.1 Å². The Kier molecular flexibility index (Phi) is 7.78. The van der Waals surface area contributed by atoms with Crippen LogP contribution in [0.25, 0.3) is 0 Å². The fraction of sp³-hybridized carbons (Fsp3) is 0.304. The molecule has 0 atom stereocenters. The lowest BCUT2D eigenvalue weighted by molar-refractivity contribution is 0.0672. The van der Waals surface area contributed by atoms with E-state index in [0.29, 0.717) is 39.9 Å². The highest BCUT2D eigenvalue weighted by molar-refractivity contribution is 7.08. The van der Waals surface area contributed by atoms with Gasteiger partial charge in [0, 0.05) is 29.4 Å². The van der Waals surface area contributed by atoms with Crippen LogP contribution in [0.5, 0.6) is 0 Å². The van der Waals surface area contributed by atoms with Gasteiger partial charge in [0.05, 0.1) is 5.69 Å². The highest BCUT2D eigenvalue weighted by Crippen LogP contribution is 2.26. The van der Waals surface area contributed by atoms with Gasteiger partial charge in [0.2, 0.25) is 0 Å². The average molecular weight is 490 g/mol. The van der Waals surface area contributed by atoms with Gasteiger partial charge in [0.15, 0.2) is 0 Å². The molecule has 0 bridgehead atoms. The maximum absolute atomic E-state index is 13.7. The van der Waals surface area contributed by atoms with E-state index >= 15 is 0 Å². The van der Waals surface area contributed by atoms with Gasteiger partial charge in [0.1, 0.15) is 10.7 Å². The smallest absolute Gasteiger partial charge is 0.269 e. The predicted molar refractivity (Wildman–Crippen MR) is 128 cm³/mol. The molecular formula is C23H25ClFN5O2S. The minimum absolute atomic E-state index is 0.155. The van der Waals surface area contributed by atoms with E-state index in [-0.39, 0.29) is 29.3 Å². The molecule has 3 N–H and O–H groups in total.